The number of ether oxygens (including phenoxy) is 1. The number of carbonyl (C=O) groups excluding carboxylic acids is 2. The Hall–Kier alpha value is -3.27. The van der Waals surface area contributed by atoms with Gasteiger partial charge in [0.15, 0.2) is 6.61 Å². The lowest BCUT2D eigenvalue weighted by molar-refractivity contribution is -0.146. The fourth-order valence-corrected chi connectivity index (χ4v) is 3.07. The van der Waals surface area contributed by atoms with Gasteiger partial charge in [-0.25, -0.2) is 4.98 Å². The Kier molecular flexibility index (Phi) is 6.23. The van der Waals surface area contributed by atoms with Crippen molar-refractivity contribution in [2.24, 2.45) is 0 Å². The number of carbonyl (C=O) groups is 2. The SMILES string of the molecule is O=C(COC(=O)Cc1csc(-c2ccccn2)n1)Nc1ccc(C(F)(F)F)cc1. The topological polar surface area (TPSA) is 81.2 Å². The van der Waals surface area contributed by atoms with Crippen LogP contribution in [-0.2, 0) is 26.9 Å². The number of hydrogen-bond acceptors (Lipinski definition) is 6. The van der Waals surface area contributed by atoms with Crippen molar-refractivity contribution in [1.82, 2.24) is 9.97 Å². The second-order valence-corrected chi connectivity index (χ2v) is 6.68. The van der Waals surface area contributed by atoms with E-state index in [1.54, 1.807) is 23.7 Å². The van der Waals surface area contributed by atoms with Gasteiger partial charge in [-0.15, -0.1) is 11.3 Å². The number of nitrogens with zero attached hydrogens (tertiary/aromatic N) is 2. The molecule has 0 saturated carbocycles. The number of aromatic nitrogens is 2. The number of anilines is 1. The largest absolute Gasteiger partial charge is 0.455 e. The summed E-state index contributed by atoms with van der Waals surface area (Å²) in [6.45, 7) is -0.558. The van der Waals surface area contributed by atoms with Crippen LogP contribution in [0.15, 0.2) is 54.0 Å². The van der Waals surface area contributed by atoms with Crippen LogP contribution in [0.4, 0.5) is 18.9 Å². The molecule has 3 aromatic rings. The first-order valence-electron chi connectivity index (χ1n) is 8.30. The van der Waals surface area contributed by atoms with E-state index in [1.165, 1.54) is 11.3 Å². The van der Waals surface area contributed by atoms with E-state index in [1.807, 2.05) is 6.07 Å². The smallest absolute Gasteiger partial charge is 0.416 e. The third kappa shape index (κ3) is 5.85. The standard InChI is InChI=1S/C19H14F3N3O3S/c20-19(21,22)12-4-6-13(7-5-12)24-16(26)10-28-17(27)9-14-11-29-18(25-14)15-3-1-2-8-23-15/h1-8,11H,9-10H2,(H,24,26). The quantitative estimate of drug-likeness (QED) is 0.610. The van der Waals surface area contributed by atoms with Crippen molar-refractivity contribution in [3.05, 3.63) is 65.3 Å². The fraction of sp³-hybridized carbons (Fsp3) is 0.158. The molecule has 2 aromatic heterocycles. The second-order valence-electron chi connectivity index (χ2n) is 5.82. The van der Waals surface area contributed by atoms with Crippen molar-refractivity contribution in [1.29, 1.82) is 0 Å². The third-order valence-electron chi connectivity index (χ3n) is 3.62. The minimum absolute atomic E-state index is 0.114. The lowest BCUT2D eigenvalue weighted by Gasteiger charge is -2.09. The number of hydrogen-bond donors (Lipinski definition) is 1. The van der Waals surface area contributed by atoms with Gasteiger partial charge in [0.1, 0.15) is 5.01 Å². The fourth-order valence-electron chi connectivity index (χ4n) is 2.28. The summed E-state index contributed by atoms with van der Waals surface area (Å²) in [6, 6.07) is 9.35. The number of halogens is 3. The number of pyridine rings is 1. The lowest BCUT2D eigenvalue weighted by Crippen LogP contribution is -2.21. The number of rotatable bonds is 6. The maximum atomic E-state index is 12.5. The van der Waals surface area contributed by atoms with Crippen molar-refractivity contribution in [3.63, 3.8) is 0 Å². The van der Waals surface area contributed by atoms with Crippen molar-refractivity contribution >= 4 is 28.9 Å². The minimum Gasteiger partial charge on any atom is -0.455 e. The van der Waals surface area contributed by atoms with E-state index in [0.717, 1.165) is 24.3 Å². The average Bonchev–Trinajstić information content (AvgIpc) is 3.15. The number of benzene rings is 1. The van der Waals surface area contributed by atoms with Crippen molar-refractivity contribution in [3.8, 4) is 10.7 Å². The van der Waals surface area contributed by atoms with E-state index in [0.29, 0.717) is 16.4 Å². The molecule has 0 spiro atoms. The van der Waals surface area contributed by atoms with Crippen LogP contribution in [-0.4, -0.2) is 28.5 Å². The van der Waals surface area contributed by atoms with Gasteiger partial charge in [-0.2, -0.15) is 13.2 Å². The van der Waals surface area contributed by atoms with Gasteiger partial charge in [-0.05, 0) is 36.4 Å². The molecule has 29 heavy (non-hydrogen) atoms. The zero-order valence-electron chi connectivity index (χ0n) is 14.8. The first kappa shape index (κ1) is 20.5. The first-order chi connectivity index (χ1) is 13.8. The molecule has 3 rings (SSSR count). The molecule has 1 amide bonds. The Morgan fingerprint density at radius 2 is 1.86 bits per heavy atom. The highest BCUT2D eigenvalue weighted by Crippen LogP contribution is 2.29. The molecule has 6 nitrogen and oxygen atoms in total. The molecule has 0 radical (unpaired) electrons. The Balaban J connectivity index is 1.47. The van der Waals surface area contributed by atoms with Gasteiger partial charge in [0, 0.05) is 17.3 Å². The Bertz CT molecular complexity index is 989. The zero-order chi connectivity index (χ0) is 20.9. The summed E-state index contributed by atoms with van der Waals surface area (Å²) in [4.78, 5) is 32.2. The molecule has 150 valence electrons. The highest BCUT2D eigenvalue weighted by atomic mass is 32.1. The van der Waals surface area contributed by atoms with Crippen LogP contribution < -0.4 is 5.32 Å². The van der Waals surface area contributed by atoms with E-state index in [4.69, 9.17) is 4.74 Å². The highest BCUT2D eigenvalue weighted by molar-refractivity contribution is 7.13. The van der Waals surface area contributed by atoms with Crippen LogP contribution in [0.5, 0.6) is 0 Å². The average molecular weight is 421 g/mol. The minimum atomic E-state index is -4.45. The number of nitrogens with one attached hydrogen (secondary N) is 1. The van der Waals surface area contributed by atoms with E-state index in [9.17, 15) is 22.8 Å². The molecule has 1 aromatic carbocycles. The summed E-state index contributed by atoms with van der Waals surface area (Å²) in [7, 11) is 0. The maximum absolute atomic E-state index is 12.5. The number of alkyl halides is 3. The van der Waals surface area contributed by atoms with E-state index in [2.05, 4.69) is 15.3 Å². The van der Waals surface area contributed by atoms with Crippen LogP contribution in [0.25, 0.3) is 10.7 Å². The Labute approximate surface area is 167 Å². The molecule has 0 aliphatic heterocycles. The zero-order valence-corrected chi connectivity index (χ0v) is 15.6. The molecular weight excluding hydrogens is 407 g/mol. The molecule has 0 atom stereocenters. The van der Waals surface area contributed by atoms with Crippen LogP contribution in [0, 0.1) is 0 Å². The van der Waals surface area contributed by atoms with Crippen LogP contribution >= 0.6 is 11.3 Å². The van der Waals surface area contributed by atoms with E-state index >= 15 is 0 Å². The summed E-state index contributed by atoms with van der Waals surface area (Å²) in [5, 5.41) is 4.72. The Morgan fingerprint density at radius 1 is 1.10 bits per heavy atom. The monoisotopic (exact) mass is 421 g/mol. The maximum Gasteiger partial charge on any atom is 0.416 e. The van der Waals surface area contributed by atoms with Gasteiger partial charge < -0.3 is 10.1 Å². The highest BCUT2D eigenvalue weighted by Gasteiger charge is 2.30. The predicted molar refractivity (Wildman–Crippen MR) is 100 cm³/mol. The first-order valence-corrected chi connectivity index (χ1v) is 9.18. The van der Waals surface area contributed by atoms with E-state index < -0.39 is 30.2 Å². The summed E-state index contributed by atoms with van der Waals surface area (Å²) >= 11 is 1.33. The van der Waals surface area contributed by atoms with Crippen molar-refractivity contribution in [2.75, 3.05) is 11.9 Å². The normalized spacial score (nSPS) is 11.1. The molecule has 0 unspecified atom stereocenters. The molecule has 0 aliphatic rings. The van der Waals surface area contributed by atoms with Gasteiger partial charge in [-0.3, -0.25) is 14.6 Å². The number of thiazole rings is 1. The van der Waals surface area contributed by atoms with Gasteiger partial charge in [-0.1, -0.05) is 6.07 Å². The van der Waals surface area contributed by atoms with Crippen molar-refractivity contribution in [2.45, 2.75) is 12.6 Å². The van der Waals surface area contributed by atoms with Crippen LogP contribution in [0.2, 0.25) is 0 Å². The number of amides is 1. The summed E-state index contributed by atoms with van der Waals surface area (Å²) < 4.78 is 42.4. The predicted octanol–water partition coefficient (Wildman–Crippen LogP) is 3.95. The number of esters is 1. The van der Waals surface area contributed by atoms with Crippen LogP contribution in [0.3, 0.4) is 0 Å². The molecule has 1 N–H and O–H groups in total. The molecule has 0 fully saturated rings. The molecular formula is C19H14F3N3O3S. The summed E-state index contributed by atoms with van der Waals surface area (Å²) in [6.07, 6.45) is -2.93. The molecule has 10 heteroatoms. The lowest BCUT2D eigenvalue weighted by atomic mass is 10.2. The molecule has 0 aliphatic carbocycles. The van der Waals surface area contributed by atoms with Gasteiger partial charge >= 0.3 is 12.1 Å². The van der Waals surface area contributed by atoms with Gasteiger partial charge in [0.05, 0.1) is 23.4 Å². The second kappa shape index (κ2) is 8.82. The molecule has 2 heterocycles. The van der Waals surface area contributed by atoms with Gasteiger partial charge in [0.2, 0.25) is 0 Å². The molecule has 0 bridgehead atoms. The summed E-state index contributed by atoms with van der Waals surface area (Å²) in [5.41, 5.74) is 0.519. The van der Waals surface area contributed by atoms with Gasteiger partial charge in [0.25, 0.3) is 5.91 Å². The van der Waals surface area contributed by atoms with Crippen molar-refractivity contribution < 1.29 is 27.5 Å². The van der Waals surface area contributed by atoms with Crippen LogP contribution in [0.1, 0.15) is 11.3 Å². The molecule has 0 saturated heterocycles. The van der Waals surface area contributed by atoms with E-state index in [-0.39, 0.29) is 12.1 Å². The summed E-state index contributed by atoms with van der Waals surface area (Å²) in [5.74, 6) is -1.31. The third-order valence-corrected chi connectivity index (χ3v) is 4.54. The Morgan fingerprint density at radius 3 is 2.52 bits per heavy atom.